The third kappa shape index (κ3) is 13.0. The molecule has 0 spiro atoms. The number of carbonyl (C=O) groups is 9. The Labute approximate surface area is 411 Å². The van der Waals surface area contributed by atoms with Crippen molar-refractivity contribution in [2.24, 2.45) is 11.8 Å². The first-order valence-electron chi connectivity index (χ1n) is 22.5. The monoisotopic (exact) mass is 1020 g/mol. The first kappa shape index (κ1) is 54.7. The Morgan fingerprint density at radius 2 is 1.15 bits per heavy atom. The van der Waals surface area contributed by atoms with Gasteiger partial charge in [0.1, 0.15) is 31.0 Å². The van der Waals surface area contributed by atoms with Crippen molar-refractivity contribution < 1.29 is 119 Å². The average Bonchev–Trinajstić information content (AvgIpc) is 3.95. The summed E-state index contributed by atoms with van der Waals surface area (Å²) in [4.78, 5) is 112. The van der Waals surface area contributed by atoms with Crippen molar-refractivity contribution in [3.63, 3.8) is 0 Å². The molecule has 72 heavy (non-hydrogen) atoms. The van der Waals surface area contributed by atoms with E-state index in [2.05, 4.69) is 0 Å². The summed E-state index contributed by atoms with van der Waals surface area (Å²) >= 11 is 0. The molecule has 1 aromatic carbocycles. The van der Waals surface area contributed by atoms with Crippen molar-refractivity contribution >= 4 is 59.8 Å². The Hall–Kier alpha value is -6.67. The standard InChI is InChI=1S/C47H56O25/c1-20-36(63-23(4)50)39(65-25(6)52)41(67-27(8)54)45(61-20)70-37-30-15-16-58-44(71-46-42(68-28(9)55)40(66-26(7)53)38(64-24(5)51)33(69-46)18-59-21(2)48)35(30)47(43(37)72-47)19-60-34(56)14-12-29-11-13-31(62-22(3)49)32(17-29)57-10/h11-17,20,30,33,35-46H,18-19H2,1-10H3/b14-12+/t20-,30?,33-,35?,36+,37+,38-,39-,40+,41+,42-,43+,44+,45+,46+,47-/m1/s1. The molecule has 25 nitrogen and oxygen atoms in total. The largest absolute Gasteiger partial charge is 0.493 e. The second-order valence-electron chi connectivity index (χ2n) is 17.1. The van der Waals surface area contributed by atoms with E-state index in [0.29, 0.717) is 5.56 Å². The SMILES string of the molecule is COc1cc(/C=C/C(=O)OC[C@]23O[C@H]2[C@@H](O[C@@H]2O[C@H](C)[C@H](OC(C)=O)[C@@H](OC(C)=O)[C@@H]2OC(C)=O)C2C=CO[C@@H](O[C@@H]4O[C@H](COC(C)=O)[C@@H](OC(C)=O)[C@H](OC(C)=O)[C@H]4OC(C)=O)C23)ccc1OC(C)=O. The number of hydrogen-bond acceptors (Lipinski definition) is 25. The fourth-order valence-corrected chi connectivity index (χ4v) is 9.07. The van der Waals surface area contributed by atoms with E-state index in [1.54, 1.807) is 12.1 Å². The third-order valence-corrected chi connectivity index (χ3v) is 11.7. The van der Waals surface area contributed by atoms with E-state index in [4.69, 9.17) is 75.8 Å². The summed E-state index contributed by atoms with van der Waals surface area (Å²) in [5, 5.41) is 0. The Morgan fingerprint density at radius 3 is 1.72 bits per heavy atom. The maximum atomic E-state index is 13.5. The van der Waals surface area contributed by atoms with Crippen LogP contribution in [-0.2, 0) is 109 Å². The van der Waals surface area contributed by atoms with E-state index in [1.165, 1.54) is 45.4 Å². The fraction of sp³-hybridized carbons (Fsp3) is 0.596. The second kappa shape index (κ2) is 23.3. The lowest BCUT2D eigenvalue weighted by Crippen LogP contribution is -2.64. The number of esters is 9. The van der Waals surface area contributed by atoms with Gasteiger partial charge in [-0.15, -0.1) is 0 Å². The van der Waals surface area contributed by atoms with Crippen LogP contribution in [0.25, 0.3) is 6.08 Å². The normalized spacial score (nSPS) is 33.1. The number of benzene rings is 1. The van der Waals surface area contributed by atoms with Gasteiger partial charge in [0.25, 0.3) is 0 Å². The zero-order valence-electron chi connectivity index (χ0n) is 40.8. The molecule has 4 aliphatic heterocycles. The van der Waals surface area contributed by atoms with Crippen molar-refractivity contribution in [3.8, 4) is 11.5 Å². The minimum Gasteiger partial charge on any atom is -0.493 e. The third-order valence-electron chi connectivity index (χ3n) is 11.7. The van der Waals surface area contributed by atoms with Crippen molar-refractivity contribution in [1.82, 2.24) is 0 Å². The number of fused-ring (bicyclic) bond motifs is 3. The fourth-order valence-electron chi connectivity index (χ4n) is 9.07. The molecule has 25 heteroatoms. The minimum atomic E-state index is -1.75. The molecule has 3 saturated heterocycles. The molecule has 0 bridgehead atoms. The van der Waals surface area contributed by atoms with Crippen LogP contribution < -0.4 is 9.47 Å². The molecular weight excluding hydrogens is 964 g/mol. The van der Waals surface area contributed by atoms with Gasteiger partial charge in [0.15, 0.2) is 54.4 Å². The molecule has 4 fully saturated rings. The number of carbonyl (C=O) groups excluding carboxylic acids is 9. The number of rotatable bonds is 18. The highest BCUT2D eigenvalue weighted by atomic mass is 16.8. The maximum Gasteiger partial charge on any atom is 0.330 e. The second-order valence-corrected chi connectivity index (χ2v) is 17.1. The molecule has 4 heterocycles. The first-order valence-corrected chi connectivity index (χ1v) is 22.5. The van der Waals surface area contributed by atoms with Crippen LogP contribution in [0.2, 0.25) is 0 Å². The Kier molecular flexibility index (Phi) is 17.7. The number of hydrogen-bond donors (Lipinski definition) is 0. The average molecular weight is 1020 g/mol. The zero-order chi connectivity index (χ0) is 52.8. The van der Waals surface area contributed by atoms with Gasteiger partial charge >= 0.3 is 53.7 Å². The van der Waals surface area contributed by atoms with E-state index in [-0.39, 0.29) is 11.5 Å². The molecule has 16 atom stereocenters. The zero-order valence-corrected chi connectivity index (χ0v) is 40.8. The number of ether oxygens (including phenoxy) is 16. The molecule has 0 N–H and O–H groups in total. The molecule has 2 unspecified atom stereocenters. The number of methoxy groups -OCH3 is 1. The van der Waals surface area contributed by atoms with E-state index in [0.717, 1.165) is 54.5 Å². The number of epoxide rings is 1. The summed E-state index contributed by atoms with van der Waals surface area (Å²) < 4.78 is 92.9. The van der Waals surface area contributed by atoms with Crippen molar-refractivity contribution in [2.45, 2.75) is 148 Å². The minimum absolute atomic E-state index is 0.149. The molecule has 394 valence electrons. The smallest absolute Gasteiger partial charge is 0.330 e. The molecular formula is C47H56O25. The Bertz CT molecular complexity index is 2310. The van der Waals surface area contributed by atoms with Crippen molar-refractivity contribution in [1.29, 1.82) is 0 Å². The molecule has 0 aromatic heterocycles. The lowest BCUT2D eigenvalue weighted by atomic mass is 9.85. The highest BCUT2D eigenvalue weighted by Gasteiger charge is 2.78. The molecule has 5 aliphatic rings. The maximum absolute atomic E-state index is 13.5. The van der Waals surface area contributed by atoms with Gasteiger partial charge in [0.05, 0.1) is 31.5 Å². The Morgan fingerprint density at radius 1 is 0.597 bits per heavy atom. The molecule has 0 radical (unpaired) electrons. The summed E-state index contributed by atoms with van der Waals surface area (Å²) in [6, 6.07) is 4.55. The van der Waals surface area contributed by atoms with Crippen LogP contribution in [0.1, 0.15) is 67.9 Å². The van der Waals surface area contributed by atoms with E-state index >= 15 is 0 Å². The van der Waals surface area contributed by atoms with Crippen LogP contribution in [0, 0.1) is 11.8 Å². The van der Waals surface area contributed by atoms with Gasteiger partial charge in [0, 0.05) is 67.4 Å². The summed E-state index contributed by atoms with van der Waals surface area (Å²) in [6.45, 7) is 9.29. The highest BCUT2D eigenvalue weighted by molar-refractivity contribution is 5.87. The van der Waals surface area contributed by atoms with Crippen LogP contribution in [0.15, 0.2) is 36.6 Å². The van der Waals surface area contributed by atoms with Gasteiger partial charge in [0.2, 0.25) is 12.6 Å². The topological polar surface area (TPSA) is 305 Å². The van der Waals surface area contributed by atoms with Crippen LogP contribution in [0.4, 0.5) is 0 Å². The molecule has 1 aliphatic carbocycles. The van der Waals surface area contributed by atoms with Crippen LogP contribution >= 0.6 is 0 Å². The molecule has 0 amide bonds. The van der Waals surface area contributed by atoms with E-state index in [9.17, 15) is 43.2 Å². The highest BCUT2D eigenvalue weighted by Crippen LogP contribution is 2.61. The lowest BCUT2D eigenvalue weighted by molar-refractivity contribution is -0.349. The molecule has 1 saturated carbocycles. The predicted molar refractivity (Wildman–Crippen MR) is 232 cm³/mol. The van der Waals surface area contributed by atoms with Crippen LogP contribution in [0.5, 0.6) is 11.5 Å². The molecule has 1 aromatic rings. The van der Waals surface area contributed by atoms with E-state index in [1.807, 2.05) is 0 Å². The summed E-state index contributed by atoms with van der Waals surface area (Å²) in [6.07, 6.45) is -12.9. The summed E-state index contributed by atoms with van der Waals surface area (Å²) in [5.41, 5.74) is -1.07. The summed E-state index contributed by atoms with van der Waals surface area (Å²) in [7, 11) is 1.37. The lowest BCUT2D eigenvalue weighted by Gasteiger charge is -2.46. The van der Waals surface area contributed by atoms with Gasteiger partial charge < -0.3 is 75.8 Å². The molecule has 6 rings (SSSR count). The van der Waals surface area contributed by atoms with Gasteiger partial charge in [-0.1, -0.05) is 6.07 Å². The van der Waals surface area contributed by atoms with E-state index < -0.39 is 164 Å². The summed E-state index contributed by atoms with van der Waals surface area (Å²) in [5.74, 6) is -8.76. The van der Waals surface area contributed by atoms with Crippen molar-refractivity contribution in [3.05, 3.63) is 42.2 Å². The predicted octanol–water partition coefficient (Wildman–Crippen LogP) is 1.46. The van der Waals surface area contributed by atoms with Crippen molar-refractivity contribution in [2.75, 3.05) is 20.3 Å². The quantitative estimate of drug-likeness (QED) is 0.0661. The van der Waals surface area contributed by atoms with Crippen LogP contribution in [-0.4, -0.2) is 160 Å². The first-order chi connectivity index (χ1) is 34.0. The van der Waals surface area contributed by atoms with Gasteiger partial charge in [-0.05, 0) is 36.8 Å². The Balaban J connectivity index is 1.36. The van der Waals surface area contributed by atoms with Gasteiger partial charge in [-0.2, -0.15) is 0 Å². The van der Waals surface area contributed by atoms with Crippen LogP contribution in [0.3, 0.4) is 0 Å². The van der Waals surface area contributed by atoms with Gasteiger partial charge in [-0.25, -0.2) is 4.79 Å². The van der Waals surface area contributed by atoms with Gasteiger partial charge in [-0.3, -0.25) is 38.4 Å².